The minimum atomic E-state index is -0.0559. The lowest BCUT2D eigenvalue weighted by molar-refractivity contribution is 0.144. The van der Waals surface area contributed by atoms with Crippen molar-refractivity contribution < 1.29 is 9.53 Å². The number of hydrogen-bond acceptors (Lipinski definition) is 4. The molecule has 7 heteroatoms. The molecule has 0 radical (unpaired) electrons. The van der Waals surface area contributed by atoms with E-state index in [4.69, 9.17) is 4.74 Å². The highest BCUT2D eigenvalue weighted by atomic mass is 16.5. The zero-order chi connectivity index (χ0) is 19.2. The largest absolute Gasteiger partial charge is 0.497 e. The fourth-order valence-electron chi connectivity index (χ4n) is 3.34. The number of piperazine rings is 1. The van der Waals surface area contributed by atoms with Crippen LogP contribution in [0.3, 0.4) is 0 Å². The first-order chi connectivity index (χ1) is 13.1. The van der Waals surface area contributed by atoms with Crippen LogP contribution < -0.4 is 10.1 Å². The average molecular weight is 371 g/mol. The number of nitrogens with zero attached hydrogens (tertiary/aromatic N) is 4. The van der Waals surface area contributed by atoms with E-state index in [0.717, 1.165) is 56.5 Å². The number of nitrogens with one attached hydrogen (secondary N) is 1. The van der Waals surface area contributed by atoms with Crippen LogP contribution in [-0.4, -0.2) is 65.2 Å². The predicted molar refractivity (Wildman–Crippen MR) is 106 cm³/mol. The Labute approximate surface area is 160 Å². The molecule has 0 spiro atoms. The highest BCUT2D eigenvalue weighted by molar-refractivity contribution is 5.89. The summed E-state index contributed by atoms with van der Waals surface area (Å²) in [7, 11) is 1.62. The Balaban J connectivity index is 1.45. The summed E-state index contributed by atoms with van der Waals surface area (Å²) in [4.78, 5) is 21.2. The van der Waals surface area contributed by atoms with Gasteiger partial charge in [0.05, 0.1) is 7.11 Å². The van der Waals surface area contributed by atoms with Gasteiger partial charge in [0, 0.05) is 69.3 Å². The first-order valence-electron chi connectivity index (χ1n) is 9.50. The molecule has 7 nitrogen and oxygen atoms in total. The molecule has 1 aliphatic rings. The summed E-state index contributed by atoms with van der Waals surface area (Å²) < 4.78 is 7.43. The van der Waals surface area contributed by atoms with E-state index in [9.17, 15) is 4.79 Å². The van der Waals surface area contributed by atoms with E-state index < -0.39 is 0 Å². The average Bonchev–Trinajstić information content (AvgIpc) is 3.16. The number of carbonyl (C=O) groups is 1. The molecule has 0 unspecified atom stereocenters. The highest BCUT2D eigenvalue weighted by Crippen LogP contribution is 2.17. The number of urea groups is 1. The molecule has 146 valence electrons. The van der Waals surface area contributed by atoms with Gasteiger partial charge in [-0.2, -0.15) is 0 Å². The van der Waals surface area contributed by atoms with Crippen LogP contribution in [0.25, 0.3) is 0 Å². The summed E-state index contributed by atoms with van der Waals surface area (Å²) in [5.74, 6) is 2.29. The molecule has 3 rings (SSSR count). The van der Waals surface area contributed by atoms with Gasteiger partial charge in [-0.3, -0.25) is 4.90 Å². The molecule has 1 aromatic carbocycles. The van der Waals surface area contributed by atoms with Gasteiger partial charge < -0.3 is 19.5 Å². The van der Waals surface area contributed by atoms with Crippen molar-refractivity contribution in [3.05, 3.63) is 42.5 Å². The number of amides is 2. The van der Waals surface area contributed by atoms with Crippen LogP contribution >= 0.6 is 0 Å². The maximum Gasteiger partial charge on any atom is 0.321 e. The van der Waals surface area contributed by atoms with Gasteiger partial charge in [0.15, 0.2) is 0 Å². The van der Waals surface area contributed by atoms with E-state index in [1.165, 1.54) is 0 Å². The van der Waals surface area contributed by atoms with E-state index in [1.54, 1.807) is 7.11 Å². The van der Waals surface area contributed by atoms with Gasteiger partial charge >= 0.3 is 6.03 Å². The van der Waals surface area contributed by atoms with Crippen molar-refractivity contribution >= 4 is 11.7 Å². The number of methoxy groups -OCH3 is 1. The molecule has 1 saturated heterocycles. The van der Waals surface area contributed by atoms with Crippen LogP contribution in [-0.2, 0) is 6.54 Å². The third-order valence-electron chi connectivity index (χ3n) is 4.90. The molecule has 2 amide bonds. The van der Waals surface area contributed by atoms with E-state index in [2.05, 4.69) is 33.6 Å². The Hall–Kier alpha value is -2.54. The molecule has 2 heterocycles. The van der Waals surface area contributed by atoms with Gasteiger partial charge in [-0.1, -0.05) is 19.9 Å². The summed E-state index contributed by atoms with van der Waals surface area (Å²) >= 11 is 0. The molecule has 0 bridgehead atoms. The quantitative estimate of drug-likeness (QED) is 0.848. The topological polar surface area (TPSA) is 62.6 Å². The fourth-order valence-corrected chi connectivity index (χ4v) is 3.34. The number of hydrogen-bond donors (Lipinski definition) is 1. The number of imidazole rings is 1. The second kappa shape index (κ2) is 8.90. The van der Waals surface area contributed by atoms with E-state index in [-0.39, 0.29) is 6.03 Å². The molecule has 1 fully saturated rings. The van der Waals surface area contributed by atoms with Crippen molar-refractivity contribution in [3.8, 4) is 5.75 Å². The molecule has 1 aliphatic heterocycles. The second-order valence-electron chi connectivity index (χ2n) is 7.12. The van der Waals surface area contributed by atoms with E-state index >= 15 is 0 Å². The predicted octanol–water partition coefficient (Wildman–Crippen LogP) is 2.86. The first kappa shape index (κ1) is 19.2. The standard InChI is InChI=1S/C20H29N5O2/c1-16(2)19-21-7-8-24(19)12-9-23-10-13-25(14-11-23)20(26)22-17-5-4-6-18(15-17)27-3/h4-8,15-16H,9-14H2,1-3H3,(H,22,26). The summed E-state index contributed by atoms with van der Waals surface area (Å²) in [6, 6.07) is 7.37. The van der Waals surface area contributed by atoms with Gasteiger partial charge in [0.2, 0.25) is 0 Å². The number of aromatic nitrogens is 2. The maximum atomic E-state index is 12.5. The SMILES string of the molecule is COc1cccc(NC(=O)N2CCN(CCn3ccnc3C(C)C)CC2)c1. The van der Waals surface area contributed by atoms with Gasteiger partial charge in [-0.15, -0.1) is 0 Å². The van der Waals surface area contributed by atoms with Crippen LogP contribution in [0.15, 0.2) is 36.7 Å². The van der Waals surface area contributed by atoms with Crippen LogP contribution in [0.5, 0.6) is 5.75 Å². The lowest BCUT2D eigenvalue weighted by Crippen LogP contribution is -2.50. The van der Waals surface area contributed by atoms with Crippen molar-refractivity contribution in [3.63, 3.8) is 0 Å². The lowest BCUT2D eigenvalue weighted by atomic mass is 10.2. The van der Waals surface area contributed by atoms with Gasteiger partial charge in [0.1, 0.15) is 11.6 Å². The first-order valence-corrected chi connectivity index (χ1v) is 9.50. The zero-order valence-electron chi connectivity index (χ0n) is 16.4. The minimum absolute atomic E-state index is 0.0559. The van der Waals surface area contributed by atoms with Crippen molar-refractivity contribution in [2.75, 3.05) is 45.2 Å². The number of ether oxygens (including phenoxy) is 1. The van der Waals surface area contributed by atoms with Crippen LogP contribution in [0.4, 0.5) is 10.5 Å². The van der Waals surface area contributed by atoms with Crippen molar-refractivity contribution in [1.82, 2.24) is 19.4 Å². The summed E-state index contributed by atoms with van der Waals surface area (Å²) in [5.41, 5.74) is 0.753. The number of carbonyl (C=O) groups excluding carboxylic acids is 1. The Morgan fingerprint density at radius 1 is 1.22 bits per heavy atom. The molecular weight excluding hydrogens is 342 g/mol. The molecule has 0 atom stereocenters. The third kappa shape index (κ3) is 5.01. The number of benzene rings is 1. The van der Waals surface area contributed by atoms with Crippen molar-refractivity contribution in [1.29, 1.82) is 0 Å². The van der Waals surface area contributed by atoms with E-state index in [1.807, 2.05) is 41.6 Å². The molecule has 0 aliphatic carbocycles. The number of anilines is 1. The molecule has 1 aromatic heterocycles. The van der Waals surface area contributed by atoms with Crippen LogP contribution in [0, 0.1) is 0 Å². The highest BCUT2D eigenvalue weighted by Gasteiger charge is 2.21. The Bertz CT molecular complexity index is 750. The number of rotatable bonds is 6. The van der Waals surface area contributed by atoms with Gasteiger partial charge in [-0.05, 0) is 12.1 Å². The van der Waals surface area contributed by atoms with Gasteiger partial charge in [0.25, 0.3) is 0 Å². The Kier molecular flexibility index (Phi) is 6.34. The summed E-state index contributed by atoms with van der Waals surface area (Å²) in [6.45, 7) is 9.48. The van der Waals surface area contributed by atoms with Crippen LogP contribution in [0.2, 0.25) is 0 Å². The van der Waals surface area contributed by atoms with Crippen LogP contribution in [0.1, 0.15) is 25.6 Å². The zero-order valence-corrected chi connectivity index (χ0v) is 16.4. The Morgan fingerprint density at radius 2 is 2.00 bits per heavy atom. The Morgan fingerprint density at radius 3 is 2.70 bits per heavy atom. The maximum absolute atomic E-state index is 12.5. The lowest BCUT2D eigenvalue weighted by Gasteiger charge is -2.34. The molecule has 0 saturated carbocycles. The molecule has 2 aromatic rings. The van der Waals surface area contributed by atoms with Crippen molar-refractivity contribution in [2.24, 2.45) is 0 Å². The normalized spacial score (nSPS) is 15.2. The fraction of sp³-hybridized carbons (Fsp3) is 0.500. The van der Waals surface area contributed by atoms with E-state index in [0.29, 0.717) is 5.92 Å². The molecule has 27 heavy (non-hydrogen) atoms. The molecule has 1 N–H and O–H groups in total. The minimum Gasteiger partial charge on any atom is -0.497 e. The van der Waals surface area contributed by atoms with Crippen molar-refractivity contribution in [2.45, 2.75) is 26.3 Å². The summed E-state index contributed by atoms with van der Waals surface area (Å²) in [6.07, 6.45) is 3.92. The monoisotopic (exact) mass is 371 g/mol. The van der Waals surface area contributed by atoms with Gasteiger partial charge in [-0.25, -0.2) is 9.78 Å². The second-order valence-corrected chi connectivity index (χ2v) is 7.12. The molecular formula is C20H29N5O2. The smallest absolute Gasteiger partial charge is 0.321 e. The third-order valence-corrected chi connectivity index (χ3v) is 4.90. The summed E-state index contributed by atoms with van der Waals surface area (Å²) in [5, 5.41) is 2.95.